The molecule has 5 amide bonds. The number of thioether (sulfide) groups is 1. The van der Waals surface area contributed by atoms with Crippen LogP contribution in [0.25, 0.3) is 0 Å². The summed E-state index contributed by atoms with van der Waals surface area (Å²) in [4.78, 5) is 68.2. The van der Waals surface area contributed by atoms with Gasteiger partial charge in [-0.15, -0.1) is 0 Å². The minimum absolute atomic E-state index is 0.00571. The fourth-order valence-electron chi connectivity index (χ4n) is 6.84. The molecule has 0 fully saturated rings. The number of carbonyl (C=O) groups is 5. The number of carbonyl (C=O) groups excluding carboxylic acids is 5. The van der Waals surface area contributed by atoms with E-state index in [4.69, 9.17) is 14.2 Å². The summed E-state index contributed by atoms with van der Waals surface area (Å²) in [6.07, 6.45) is 4.59. The summed E-state index contributed by atoms with van der Waals surface area (Å²) in [5.41, 5.74) is 1.16. The first-order valence-corrected chi connectivity index (χ1v) is 23.7. The molecule has 0 spiro atoms. The number of amides is 5. The van der Waals surface area contributed by atoms with Gasteiger partial charge in [0.05, 0.1) is 24.9 Å². The van der Waals surface area contributed by atoms with Crippen LogP contribution >= 0.6 is 11.8 Å². The van der Waals surface area contributed by atoms with Crippen molar-refractivity contribution in [3.8, 4) is 0 Å². The maximum absolute atomic E-state index is 14.3. The van der Waals surface area contributed by atoms with Crippen LogP contribution in [0.3, 0.4) is 0 Å². The second kappa shape index (κ2) is 26.8. The Morgan fingerprint density at radius 3 is 1.92 bits per heavy atom. The number of hydrogen-bond acceptors (Lipinski definition) is 10. The van der Waals surface area contributed by atoms with Crippen molar-refractivity contribution in [2.75, 3.05) is 12.0 Å². The van der Waals surface area contributed by atoms with Gasteiger partial charge in [0.1, 0.15) is 29.5 Å². The number of allylic oxidation sites excluding steroid dienone is 1. The molecule has 0 radical (unpaired) electrons. The highest BCUT2D eigenvalue weighted by Gasteiger charge is 2.36. The van der Waals surface area contributed by atoms with Crippen molar-refractivity contribution >= 4 is 41.5 Å². The number of alkyl carbamates (subject to hydrolysis) is 1. The van der Waals surface area contributed by atoms with Gasteiger partial charge in [-0.3, -0.25) is 19.2 Å². The Labute approximate surface area is 384 Å². The highest BCUT2D eigenvalue weighted by molar-refractivity contribution is 7.98. The van der Waals surface area contributed by atoms with Gasteiger partial charge < -0.3 is 45.9 Å². The molecule has 0 aromatic heterocycles. The summed E-state index contributed by atoms with van der Waals surface area (Å²) in [6.45, 7) is 17.0. The third-order valence-electron chi connectivity index (χ3n) is 10.3. The first-order chi connectivity index (χ1) is 30.3. The lowest BCUT2D eigenvalue weighted by molar-refractivity contribution is -0.137. The van der Waals surface area contributed by atoms with Crippen molar-refractivity contribution in [2.45, 2.75) is 149 Å². The van der Waals surface area contributed by atoms with Gasteiger partial charge in [-0.1, -0.05) is 108 Å². The van der Waals surface area contributed by atoms with E-state index < -0.39 is 65.8 Å². The van der Waals surface area contributed by atoms with Crippen molar-refractivity contribution in [3.05, 3.63) is 95.8 Å². The number of nitrogens with one attached hydrogen (secondary N) is 5. The van der Waals surface area contributed by atoms with Gasteiger partial charge in [0, 0.05) is 13.0 Å². The molecule has 1 aliphatic carbocycles. The smallest absolute Gasteiger partial charge is 0.408 e. The maximum Gasteiger partial charge on any atom is 0.408 e. The van der Waals surface area contributed by atoms with Crippen LogP contribution in [-0.4, -0.2) is 94.9 Å². The summed E-state index contributed by atoms with van der Waals surface area (Å²) >= 11 is 1.50. The molecule has 2 aromatic rings. The zero-order valence-corrected chi connectivity index (χ0v) is 40.2. The van der Waals surface area contributed by atoms with Crippen LogP contribution in [0, 0.1) is 17.8 Å². The van der Waals surface area contributed by atoms with E-state index in [1.54, 1.807) is 40.7 Å². The molecular formula is C49H73N5O9S. The van der Waals surface area contributed by atoms with Crippen LogP contribution in [0.2, 0.25) is 0 Å². The fourth-order valence-corrected chi connectivity index (χ4v) is 7.31. The molecule has 2 aromatic carbocycles. The third kappa shape index (κ3) is 19.5. The number of benzene rings is 2. The minimum atomic E-state index is -1.30. The molecule has 7 atom stereocenters. The average molecular weight is 908 g/mol. The second-order valence-corrected chi connectivity index (χ2v) is 19.3. The number of ether oxygens (including phenoxy) is 3. The Hall–Kier alpha value is -4.86. The molecule has 0 saturated carbocycles. The Bertz CT molecular complexity index is 1830. The lowest BCUT2D eigenvalue weighted by Crippen LogP contribution is -2.58. The summed E-state index contributed by atoms with van der Waals surface area (Å²) in [7, 11) is 0. The van der Waals surface area contributed by atoms with E-state index in [0.29, 0.717) is 31.0 Å². The lowest BCUT2D eigenvalue weighted by Gasteiger charge is -2.32. The molecule has 0 heterocycles. The van der Waals surface area contributed by atoms with Crippen LogP contribution < -0.4 is 26.6 Å². The van der Waals surface area contributed by atoms with Crippen LogP contribution in [0.5, 0.6) is 0 Å². The van der Waals surface area contributed by atoms with E-state index in [1.165, 1.54) is 11.8 Å². The molecule has 6 N–H and O–H groups in total. The van der Waals surface area contributed by atoms with E-state index in [2.05, 4.69) is 26.6 Å². The Morgan fingerprint density at radius 2 is 1.38 bits per heavy atom. The van der Waals surface area contributed by atoms with E-state index >= 15 is 0 Å². The molecule has 1 aliphatic rings. The maximum atomic E-state index is 14.3. The summed E-state index contributed by atoms with van der Waals surface area (Å²) < 4.78 is 17.8. The van der Waals surface area contributed by atoms with Gasteiger partial charge in [0.2, 0.25) is 17.7 Å². The molecule has 14 nitrogen and oxygen atoms in total. The van der Waals surface area contributed by atoms with Gasteiger partial charge in [-0.25, -0.2) is 4.79 Å². The Morgan fingerprint density at radius 1 is 0.766 bits per heavy atom. The van der Waals surface area contributed by atoms with Crippen molar-refractivity contribution < 1.29 is 43.3 Å². The highest BCUT2D eigenvalue weighted by Crippen LogP contribution is 2.22. The molecule has 2 unspecified atom stereocenters. The highest BCUT2D eigenvalue weighted by atomic mass is 32.2. The van der Waals surface area contributed by atoms with Gasteiger partial charge in [0.15, 0.2) is 6.10 Å². The topological polar surface area (TPSA) is 193 Å². The van der Waals surface area contributed by atoms with Crippen LogP contribution in [0.4, 0.5) is 4.79 Å². The SMILES string of the molecule is CSCC[C@H](NC(=O)[C@@H](NC(=O)OC(C)(C)C)C(C)C)C(=O)N[C@@H](CC(C)C)[C@@H](O)CC(OC1=CCC(OCc2ccccc2)C=C1)C(=O)N[C@H](C(=O)NCc1ccccc1)C(C)C. The van der Waals surface area contributed by atoms with Crippen LogP contribution in [0.15, 0.2) is 84.7 Å². The number of aliphatic hydroxyl groups excluding tert-OH is 1. The van der Waals surface area contributed by atoms with Crippen molar-refractivity contribution in [1.82, 2.24) is 26.6 Å². The molecule has 354 valence electrons. The Balaban J connectivity index is 1.84. The summed E-state index contributed by atoms with van der Waals surface area (Å²) in [5, 5.41) is 26.2. The summed E-state index contributed by atoms with van der Waals surface area (Å²) in [5.74, 6) is -1.75. The zero-order chi connectivity index (χ0) is 47.4. The second-order valence-electron chi connectivity index (χ2n) is 18.3. The molecule has 15 heteroatoms. The number of rotatable bonds is 25. The molecule has 0 aliphatic heterocycles. The van der Waals surface area contributed by atoms with Gasteiger partial charge in [-0.05, 0) is 93.1 Å². The van der Waals surface area contributed by atoms with Crippen LogP contribution in [-0.2, 0) is 46.5 Å². The van der Waals surface area contributed by atoms with Gasteiger partial charge in [0.25, 0.3) is 5.91 Å². The predicted molar refractivity (Wildman–Crippen MR) is 252 cm³/mol. The standard InChI is InChI=1S/C49H73N5O9S/c1-31(2)27-39(52-44(56)38(25-26-64-10)51-47(59)43(33(5)6)54-48(60)63-49(7,8)9)40(55)28-41(62-37-23-21-36(22-24-37)61-30-35-19-15-12-16-20-35)45(57)53-42(32(3)4)46(58)50-29-34-17-13-11-14-18-34/h11-21,23-24,31-33,36,38-43,55H,22,25-30H2,1-10H3,(H,50,58)(H,51,59)(H,52,56)(H,53,57)(H,54,60)/t36?,38-,39-,40-,41?,42-,43-/m0/s1. The Kier molecular flexibility index (Phi) is 22.4. The normalized spacial score (nSPS) is 16.7. The van der Waals surface area contributed by atoms with Crippen LogP contribution in [0.1, 0.15) is 99.1 Å². The first kappa shape index (κ1) is 53.5. The fraction of sp³-hybridized carbons (Fsp3) is 0.571. The van der Waals surface area contributed by atoms with E-state index in [1.807, 2.05) is 107 Å². The van der Waals surface area contributed by atoms with Crippen molar-refractivity contribution in [2.24, 2.45) is 17.8 Å². The van der Waals surface area contributed by atoms with Gasteiger partial charge in [-0.2, -0.15) is 11.8 Å². The first-order valence-electron chi connectivity index (χ1n) is 22.4. The monoisotopic (exact) mass is 908 g/mol. The van der Waals surface area contributed by atoms with E-state index in [0.717, 1.165) is 11.1 Å². The largest absolute Gasteiger partial charge is 0.481 e. The molecule has 64 heavy (non-hydrogen) atoms. The number of hydrogen-bond donors (Lipinski definition) is 6. The average Bonchev–Trinajstić information content (AvgIpc) is 3.24. The third-order valence-corrected chi connectivity index (χ3v) is 10.9. The van der Waals surface area contributed by atoms with E-state index in [9.17, 15) is 29.1 Å². The quantitative estimate of drug-likeness (QED) is 0.0657. The van der Waals surface area contributed by atoms with E-state index in [-0.39, 0.29) is 49.2 Å². The summed E-state index contributed by atoms with van der Waals surface area (Å²) in [6, 6.07) is 15.5. The van der Waals surface area contributed by atoms with Crippen molar-refractivity contribution in [3.63, 3.8) is 0 Å². The molecule has 0 bridgehead atoms. The predicted octanol–water partition coefficient (Wildman–Crippen LogP) is 6.33. The zero-order valence-electron chi connectivity index (χ0n) is 39.4. The van der Waals surface area contributed by atoms with Gasteiger partial charge >= 0.3 is 6.09 Å². The number of aliphatic hydroxyl groups is 1. The molecule has 3 rings (SSSR count). The molecule has 0 saturated heterocycles. The van der Waals surface area contributed by atoms with Crippen molar-refractivity contribution in [1.29, 1.82) is 0 Å². The minimum Gasteiger partial charge on any atom is -0.481 e. The lowest BCUT2D eigenvalue weighted by atomic mass is 9.94. The molecular weight excluding hydrogens is 835 g/mol.